The van der Waals surface area contributed by atoms with Crippen LogP contribution in [-0.4, -0.2) is 31.1 Å². The van der Waals surface area contributed by atoms with E-state index < -0.39 is 0 Å². The molecule has 2 unspecified atom stereocenters. The Morgan fingerprint density at radius 2 is 2.28 bits per heavy atom. The molecule has 0 aliphatic carbocycles. The SMILES string of the molecule is CCCCC(C(=O)OC)N(C)C(C)c1cccs1. The van der Waals surface area contributed by atoms with Crippen molar-refractivity contribution >= 4 is 17.3 Å². The zero-order valence-corrected chi connectivity index (χ0v) is 12.5. The Kier molecular flexibility index (Phi) is 6.36. The van der Waals surface area contributed by atoms with Gasteiger partial charge in [-0.15, -0.1) is 11.3 Å². The predicted molar refractivity (Wildman–Crippen MR) is 75.8 cm³/mol. The van der Waals surface area contributed by atoms with Gasteiger partial charge in [0.25, 0.3) is 0 Å². The molecule has 0 radical (unpaired) electrons. The summed E-state index contributed by atoms with van der Waals surface area (Å²) < 4.78 is 4.92. The number of nitrogens with zero attached hydrogens (tertiary/aromatic N) is 1. The van der Waals surface area contributed by atoms with Gasteiger partial charge < -0.3 is 4.74 Å². The van der Waals surface area contributed by atoms with Crippen molar-refractivity contribution in [1.29, 1.82) is 0 Å². The molecule has 0 aromatic carbocycles. The molecular formula is C14H23NO2S. The zero-order valence-electron chi connectivity index (χ0n) is 11.7. The summed E-state index contributed by atoms with van der Waals surface area (Å²) in [4.78, 5) is 15.3. The lowest BCUT2D eigenvalue weighted by Gasteiger charge is -2.30. The van der Waals surface area contributed by atoms with E-state index in [0.29, 0.717) is 0 Å². The van der Waals surface area contributed by atoms with Crippen LogP contribution in [0.15, 0.2) is 17.5 Å². The van der Waals surface area contributed by atoms with E-state index in [4.69, 9.17) is 4.74 Å². The van der Waals surface area contributed by atoms with Gasteiger partial charge in [-0.2, -0.15) is 0 Å². The first-order chi connectivity index (χ1) is 8.61. The molecule has 102 valence electrons. The molecule has 1 aromatic heterocycles. The van der Waals surface area contributed by atoms with Crippen LogP contribution in [0, 0.1) is 0 Å². The molecular weight excluding hydrogens is 246 g/mol. The highest BCUT2D eigenvalue weighted by Gasteiger charge is 2.27. The number of hydrogen-bond donors (Lipinski definition) is 0. The Bertz CT molecular complexity index is 351. The number of ether oxygens (including phenoxy) is 1. The summed E-state index contributed by atoms with van der Waals surface area (Å²) in [5, 5.41) is 2.07. The second-order valence-corrected chi connectivity index (χ2v) is 5.52. The molecule has 1 rings (SSSR count). The third kappa shape index (κ3) is 3.82. The Morgan fingerprint density at radius 3 is 2.78 bits per heavy atom. The Hall–Kier alpha value is -0.870. The van der Waals surface area contributed by atoms with Crippen LogP contribution >= 0.6 is 11.3 Å². The molecule has 1 aromatic rings. The molecule has 0 bridgehead atoms. The van der Waals surface area contributed by atoms with Crippen molar-refractivity contribution in [3.63, 3.8) is 0 Å². The number of methoxy groups -OCH3 is 1. The molecule has 18 heavy (non-hydrogen) atoms. The van der Waals surface area contributed by atoms with E-state index in [1.807, 2.05) is 13.1 Å². The number of carbonyl (C=O) groups excluding carboxylic acids is 1. The average molecular weight is 269 g/mol. The molecule has 0 spiro atoms. The summed E-state index contributed by atoms with van der Waals surface area (Å²) in [7, 11) is 3.46. The van der Waals surface area contributed by atoms with Crippen molar-refractivity contribution < 1.29 is 9.53 Å². The summed E-state index contributed by atoms with van der Waals surface area (Å²) in [6, 6.07) is 4.25. The smallest absolute Gasteiger partial charge is 0.323 e. The maximum absolute atomic E-state index is 11.9. The predicted octanol–water partition coefficient (Wildman–Crippen LogP) is 3.47. The fourth-order valence-corrected chi connectivity index (χ4v) is 2.86. The minimum atomic E-state index is -0.146. The van der Waals surface area contributed by atoms with Gasteiger partial charge in [0, 0.05) is 10.9 Å². The highest BCUT2D eigenvalue weighted by Crippen LogP contribution is 2.26. The van der Waals surface area contributed by atoms with Gasteiger partial charge >= 0.3 is 5.97 Å². The lowest BCUT2D eigenvalue weighted by molar-refractivity contribution is -0.147. The lowest BCUT2D eigenvalue weighted by atomic mass is 10.1. The molecule has 0 amide bonds. The molecule has 0 saturated heterocycles. The van der Waals surface area contributed by atoms with E-state index in [2.05, 4.69) is 30.2 Å². The first kappa shape index (κ1) is 15.2. The normalized spacial score (nSPS) is 14.5. The van der Waals surface area contributed by atoms with Crippen LogP contribution < -0.4 is 0 Å². The third-order valence-electron chi connectivity index (χ3n) is 3.36. The second-order valence-electron chi connectivity index (χ2n) is 4.54. The number of likely N-dealkylation sites (N-methyl/N-ethyl adjacent to an activating group) is 1. The van der Waals surface area contributed by atoms with Crippen molar-refractivity contribution in [2.75, 3.05) is 14.2 Å². The number of hydrogen-bond acceptors (Lipinski definition) is 4. The van der Waals surface area contributed by atoms with E-state index in [1.54, 1.807) is 11.3 Å². The number of carbonyl (C=O) groups is 1. The first-order valence-electron chi connectivity index (χ1n) is 6.45. The highest BCUT2D eigenvalue weighted by molar-refractivity contribution is 7.10. The highest BCUT2D eigenvalue weighted by atomic mass is 32.1. The van der Waals surface area contributed by atoms with Crippen molar-refractivity contribution in [3.05, 3.63) is 22.4 Å². The minimum absolute atomic E-state index is 0.130. The Morgan fingerprint density at radius 1 is 1.56 bits per heavy atom. The fraction of sp³-hybridized carbons (Fsp3) is 0.643. The van der Waals surface area contributed by atoms with Crippen LogP contribution in [0.5, 0.6) is 0 Å². The quantitative estimate of drug-likeness (QED) is 0.710. The number of rotatable bonds is 7. The fourth-order valence-electron chi connectivity index (χ4n) is 2.02. The van der Waals surface area contributed by atoms with Gasteiger partial charge in [0.05, 0.1) is 7.11 Å². The summed E-state index contributed by atoms with van der Waals surface area (Å²) >= 11 is 1.73. The molecule has 4 heteroatoms. The van der Waals surface area contributed by atoms with Crippen molar-refractivity contribution in [2.45, 2.75) is 45.2 Å². The van der Waals surface area contributed by atoms with Gasteiger partial charge in [-0.1, -0.05) is 25.8 Å². The second kappa shape index (κ2) is 7.54. The van der Waals surface area contributed by atoms with E-state index in [0.717, 1.165) is 19.3 Å². The molecule has 1 heterocycles. The van der Waals surface area contributed by atoms with Gasteiger partial charge in [-0.05, 0) is 31.8 Å². The van der Waals surface area contributed by atoms with Crippen LogP contribution in [0.25, 0.3) is 0 Å². The van der Waals surface area contributed by atoms with E-state index in [1.165, 1.54) is 12.0 Å². The Balaban J connectivity index is 2.74. The van der Waals surface area contributed by atoms with Crippen LogP contribution in [0.4, 0.5) is 0 Å². The minimum Gasteiger partial charge on any atom is -0.468 e. The van der Waals surface area contributed by atoms with Crippen molar-refractivity contribution in [1.82, 2.24) is 4.90 Å². The standard InChI is InChI=1S/C14H23NO2S/c1-5-6-8-12(14(16)17-4)15(3)11(2)13-9-7-10-18-13/h7,9-12H,5-6,8H2,1-4H3. The summed E-state index contributed by atoms with van der Waals surface area (Å²) in [5.74, 6) is -0.130. The van der Waals surface area contributed by atoms with E-state index in [9.17, 15) is 4.79 Å². The van der Waals surface area contributed by atoms with E-state index >= 15 is 0 Å². The Labute approximate surface area is 114 Å². The molecule has 0 aliphatic heterocycles. The molecule has 0 fully saturated rings. The van der Waals surface area contributed by atoms with Crippen LogP contribution in [-0.2, 0) is 9.53 Å². The molecule has 3 nitrogen and oxygen atoms in total. The number of esters is 1. The van der Waals surface area contributed by atoms with Crippen LogP contribution in [0.1, 0.15) is 44.0 Å². The maximum atomic E-state index is 11.9. The molecule has 0 saturated carbocycles. The average Bonchev–Trinajstić information content (AvgIpc) is 2.91. The van der Waals surface area contributed by atoms with Gasteiger partial charge in [0.15, 0.2) is 0 Å². The topological polar surface area (TPSA) is 29.5 Å². The maximum Gasteiger partial charge on any atom is 0.323 e. The zero-order chi connectivity index (χ0) is 13.5. The van der Waals surface area contributed by atoms with Gasteiger partial charge in [-0.25, -0.2) is 0 Å². The molecule has 0 aliphatic rings. The monoisotopic (exact) mass is 269 g/mol. The number of unbranched alkanes of at least 4 members (excludes halogenated alkanes) is 1. The van der Waals surface area contributed by atoms with Crippen LogP contribution in [0.2, 0.25) is 0 Å². The number of thiophene rings is 1. The largest absolute Gasteiger partial charge is 0.468 e. The summed E-state index contributed by atoms with van der Waals surface area (Å²) in [5.41, 5.74) is 0. The van der Waals surface area contributed by atoms with Gasteiger partial charge in [-0.3, -0.25) is 9.69 Å². The first-order valence-corrected chi connectivity index (χ1v) is 7.32. The van der Waals surface area contributed by atoms with E-state index in [-0.39, 0.29) is 18.1 Å². The summed E-state index contributed by atoms with van der Waals surface area (Å²) in [6.45, 7) is 4.27. The van der Waals surface area contributed by atoms with Gasteiger partial charge in [0.1, 0.15) is 6.04 Å². The van der Waals surface area contributed by atoms with Crippen molar-refractivity contribution in [2.24, 2.45) is 0 Å². The summed E-state index contributed by atoms with van der Waals surface area (Å²) in [6.07, 6.45) is 2.99. The van der Waals surface area contributed by atoms with Crippen molar-refractivity contribution in [3.8, 4) is 0 Å². The lowest BCUT2D eigenvalue weighted by Crippen LogP contribution is -2.40. The van der Waals surface area contributed by atoms with Gasteiger partial charge in [0.2, 0.25) is 0 Å². The third-order valence-corrected chi connectivity index (χ3v) is 4.40. The molecule has 2 atom stereocenters. The van der Waals surface area contributed by atoms with Crippen LogP contribution in [0.3, 0.4) is 0 Å². The molecule has 0 N–H and O–H groups in total.